The number of hydrogen-bond donors (Lipinski definition) is 2. The molecule has 4 aromatic rings. The van der Waals surface area contributed by atoms with Crippen LogP contribution in [0.15, 0.2) is 153 Å². The van der Waals surface area contributed by atoms with E-state index in [-0.39, 0.29) is 12.1 Å². The third-order valence-electron chi connectivity index (χ3n) is 8.55. The number of aromatic amines is 1. The zero-order valence-electron chi connectivity index (χ0n) is 23.5. The minimum absolute atomic E-state index is 0.161. The van der Waals surface area contributed by atoms with Crippen molar-refractivity contribution in [3.05, 3.63) is 171 Å². The Balaban J connectivity index is 1.45. The molecule has 4 aliphatic heterocycles. The lowest BCUT2D eigenvalue weighted by molar-refractivity contribution is 0.671. The summed E-state index contributed by atoms with van der Waals surface area (Å²) in [6.07, 6.45) is 10.6. The van der Waals surface area contributed by atoms with Gasteiger partial charge in [-0.2, -0.15) is 0 Å². The zero-order valence-corrected chi connectivity index (χ0v) is 25.1. The van der Waals surface area contributed by atoms with Crippen molar-refractivity contribution in [3.8, 4) is 0 Å². The van der Waals surface area contributed by atoms with Gasteiger partial charge in [-0.15, -0.1) is 0 Å². The van der Waals surface area contributed by atoms with Crippen molar-refractivity contribution in [1.82, 2.24) is 10.3 Å². The van der Waals surface area contributed by atoms with Gasteiger partial charge in [0, 0.05) is 44.0 Å². The lowest BCUT2D eigenvalue weighted by Gasteiger charge is -2.20. The van der Waals surface area contributed by atoms with Crippen LogP contribution in [-0.2, 0) is 0 Å². The standard InChI is InChI=1S/C38H29BrN4/c39-38-33-22-20-31(42-33)36(25-12-6-2-7-13-25)29-18-16-27(40-29)35(24-10-4-1-5-11-24)28-17-19-30(41-28)37(26-14-8-3-9-15-26)32-21-23-34(38)43-32/h1-20,22,32,34,40,43H,21,23H2/b35-27-,36-29-,37-30-,38-33+. The average Bonchev–Trinajstić information content (AvgIpc) is 3.88. The molecule has 1 saturated heterocycles. The number of allylic oxidation sites excluding steroid dienone is 4. The van der Waals surface area contributed by atoms with Gasteiger partial charge in [0.25, 0.3) is 0 Å². The highest BCUT2D eigenvalue weighted by atomic mass is 79.9. The Morgan fingerprint density at radius 3 is 1.60 bits per heavy atom. The monoisotopic (exact) mass is 620 g/mol. The summed E-state index contributed by atoms with van der Waals surface area (Å²) in [4.78, 5) is 14.3. The second-order valence-electron chi connectivity index (χ2n) is 11.2. The van der Waals surface area contributed by atoms with Gasteiger partial charge in [0.15, 0.2) is 0 Å². The number of aliphatic imine (C=N–C) groups is 2. The molecular formula is C38H29BrN4. The van der Waals surface area contributed by atoms with Crippen LogP contribution in [0.5, 0.6) is 0 Å². The fourth-order valence-electron chi connectivity index (χ4n) is 6.56. The first-order chi connectivity index (χ1) is 21.2. The number of nitrogens with zero attached hydrogens (tertiary/aromatic N) is 2. The highest BCUT2D eigenvalue weighted by Gasteiger charge is 2.32. The summed E-state index contributed by atoms with van der Waals surface area (Å²) in [5.41, 5.74) is 10.7. The highest BCUT2D eigenvalue weighted by Crippen LogP contribution is 2.37. The van der Waals surface area contributed by atoms with Crippen LogP contribution >= 0.6 is 15.9 Å². The first-order valence-electron chi connectivity index (χ1n) is 14.8. The maximum atomic E-state index is 5.34. The molecule has 3 aromatic carbocycles. The van der Waals surface area contributed by atoms with Gasteiger partial charge in [-0.05, 0) is 66.0 Å². The molecule has 5 heterocycles. The van der Waals surface area contributed by atoms with Crippen molar-refractivity contribution in [2.45, 2.75) is 24.9 Å². The Morgan fingerprint density at radius 2 is 1.02 bits per heavy atom. The fraction of sp³-hybridized carbons (Fsp3) is 0.105. The van der Waals surface area contributed by atoms with Gasteiger partial charge in [-0.1, -0.05) is 107 Å². The van der Waals surface area contributed by atoms with Crippen molar-refractivity contribution in [1.29, 1.82) is 0 Å². The molecule has 2 unspecified atom stereocenters. The minimum Gasteiger partial charge on any atom is -0.354 e. The van der Waals surface area contributed by atoms with Crippen molar-refractivity contribution in [3.63, 3.8) is 0 Å². The van der Waals surface area contributed by atoms with E-state index in [1.807, 2.05) is 0 Å². The van der Waals surface area contributed by atoms with Gasteiger partial charge < -0.3 is 10.3 Å². The summed E-state index contributed by atoms with van der Waals surface area (Å²) in [5.74, 6) is 0. The van der Waals surface area contributed by atoms with Crippen LogP contribution in [0.2, 0.25) is 0 Å². The number of hydrogen-bond acceptors (Lipinski definition) is 3. The summed E-state index contributed by atoms with van der Waals surface area (Å²) < 4.78 is 1.09. The predicted octanol–water partition coefficient (Wildman–Crippen LogP) is 6.59. The minimum atomic E-state index is 0.161. The molecule has 4 aliphatic rings. The number of fused-ring (bicyclic) bond motifs is 6. The van der Waals surface area contributed by atoms with Crippen LogP contribution in [0.25, 0.3) is 16.7 Å². The van der Waals surface area contributed by atoms with E-state index >= 15 is 0 Å². The molecule has 4 nitrogen and oxygen atoms in total. The molecule has 0 spiro atoms. The molecule has 1 aromatic heterocycles. The molecule has 2 atom stereocenters. The van der Waals surface area contributed by atoms with Crippen LogP contribution < -0.4 is 16.0 Å². The van der Waals surface area contributed by atoms with E-state index in [1.165, 1.54) is 11.1 Å². The molecule has 8 rings (SSSR count). The van der Waals surface area contributed by atoms with Crippen molar-refractivity contribution in [2.24, 2.45) is 9.98 Å². The molecule has 0 amide bonds. The quantitative estimate of drug-likeness (QED) is 0.267. The molecule has 0 saturated carbocycles. The van der Waals surface area contributed by atoms with Gasteiger partial charge in [0.1, 0.15) is 0 Å². The number of nitrogens with one attached hydrogen (secondary N) is 2. The number of halogens is 1. The highest BCUT2D eigenvalue weighted by molar-refractivity contribution is 9.11. The first kappa shape index (κ1) is 26.1. The summed E-state index contributed by atoms with van der Waals surface area (Å²) in [6.45, 7) is 0. The van der Waals surface area contributed by atoms with E-state index in [9.17, 15) is 0 Å². The van der Waals surface area contributed by atoms with E-state index in [0.29, 0.717) is 0 Å². The summed E-state index contributed by atoms with van der Waals surface area (Å²) >= 11 is 3.96. The van der Waals surface area contributed by atoms with Crippen LogP contribution in [0.1, 0.15) is 29.5 Å². The normalized spacial score (nSPS) is 27.0. The van der Waals surface area contributed by atoms with E-state index in [0.717, 1.165) is 73.1 Å². The summed E-state index contributed by atoms with van der Waals surface area (Å²) in [7, 11) is 0. The summed E-state index contributed by atoms with van der Waals surface area (Å²) in [5, 5.41) is 5.97. The molecule has 0 radical (unpaired) electrons. The Hall–Kier alpha value is -4.58. The lowest BCUT2D eigenvalue weighted by Crippen LogP contribution is -2.31. The number of aromatic nitrogens is 1. The second kappa shape index (κ2) is 10.9. The number of H-pyrrole nitrogens is 1. The Kier molecular flexibility index (Phi) is 6.62. The number of benzene rings is 3. The van der Waals surface area contributed by atoms with Gasteiger partial charge in [-0.3, -0.25) is 0 Å². The van der Waals surface area contributed by atoms with Gasteiger partial charge in [0.2, 0.25) is 0 Å². The smallest absolute Gasteiger partial charge is 0.0755 e. The van der Waals surface area contributed by atoms with Crippen LogP contribution in [0.4, 0.5) is 0 Å². The second-order valence-corrected chi connectivity index (χ2v) is 12.0. The van der Waals surface area contributed by atoms with E-state index in [2.05, 4.69) is 154 Å². The molecule has 5 heteroatoms. The number of rotatable bonds is 3. The maximum absolute atomic E-state index is 5.34. The first-order valence-corrected chi connectivity index (χ1v) is 15.6. The lowest BCUT2D eigenvalue weighted by atomic mass is 9.95. The SMILES string of the molecule is Br/C1=C2\C=CC(=N2)/C(c2ccccc2)=c2/cc/c([nH]2)=C(\c2ccccc2)C2=N/C(=C(/c3ccccc3)C3CCC1N3)C=C2. The molecule has 208 valence electrons. The van der Waals surface area contributed by atoms with Gasteiger partial charge in [-0.25, -0.2) is 9.98 Å². The topological polar surface area (TPSA) is 52.5 Å². The maximum Gasteiger partial charge on any atom is 0.0755 e. The molecular weight excluding hydrogens is 592 g/mol. The molecule has 43 heavy (non-hydrogen) atoms. The Bertz CT molecular complexity index is 2040. The average molecular weight is 622 g/mol. The van der Waals surface area contributed by atoms with E-state index in [1.54, 1.807) is 0 Å². The van der Waals surface area contributed by atoms with Crippen molar-refractivity contribution >= 4 is 44.1 Å². The van der Waals surface area contributed by atoms with E-state index < -0.39 is 0 Å². The largest absolute Gasteiger partial charge is 0.354 e. The Labute approximate surface area is 259 Å². The predicted molar refractivity (Wildman–Crippen MR) is 180 cm³/mol. The Morgan fingerprint density at radius 1 is 0.535 bits per heavy atom. The zero-order chi connectivity index (χ0) is 28.8. The molecule has 0 aliphatic carbocycles. The summed E-state index contributed by atoms with van der Waals surface area (Å²) in [6, 6.07) is 36.4. The van der Waals surface area contributed by atoms with Crippen LogP contribution in [0.3, 0.4) is 0 Å². The van der Waals surface area contributed by atoms with Gasteiger partial charge >= 0.3 is 0 Å². The van der Waals surface area contributed by atoms with Crippen molar-refractivity contribution in [2.75, 3.05) is 0 Å². The van der Waals surface area contributed by atoms with Crippen molar-refractivity contribution < 1.29 is 0 Å². The van der Waals surface area contributed by atoms with E-state index in [4.69, 9.17) is 9.98 Å². The molecule has 2 N–H and O–H groups in total. The fourth-order valence-corrected chi connectivity index (χ4v) is 7.14. The third-order valence-corrected chi connectivity index (χ3v) is 9.51. The molecule has 8 bridgehead atoms. The van der Waals surface area contributed by atoms with Crippen LogP contribution in [0, 0.1) is 0 Å². The third kappa shape index (κ3) is 4.75. The molecule has 1 fully saturated rings. The van der Waals surface area contributed by atoms with Crippen LogP contribution in [-0.4, -0.2) is 28.5 Å². The van der Waals surface area contributed by atoms with Gasteiger partial charge in [0.05, 0.1) is 22.8 Å².